The maximum Gasteiger partial charge on any atom is 0.306 e. The Labute approximate surface area is 408 Å². The number of hydrogen-bond donors (Lipinski definition) is 5. The first-order chi connectivity index (χ1) is 32.0. The molecule has 68 heavy (non-hydrogen) atoms. The second-order valence-corrected chi connectivity index (χ2v) is 19.7. The summed E-state index contributed by atoms with van der Waals surface area (Å²) in [5.74, 6) is -1.42. The Kier molecular flexibility index (Phi) is 20.7. The molecule has 19 heteroatoms. The van der Waals surface area contributed by atoms with Crippen LogP contribution in [0.5, 0.6) is 5.75 Å². The Morgan fingerprint density at radius 3 is 2.04 bits per heavy atom. The van der Waals surface area contributed by atoms with Gasteiger partial charge >= 0.3 is 11.9 Å². The van der Waals surface area contributed by atoms with Gasteiger partial charge in [-0.25, -0.2) is 0 Å². The summed E-state index contributed by atoms with van der Waals surface area (Å²) in [6, 6.07) is 12.3. The molecule has 1 aromatic heterocycles. The number of nitrogens with zero attached hydrogens (tertiary/aromatic N) is 2. The zero-order chi connectivity index (χ0) is 50.2. The van der Waals surface area contributed by atoms with Gasteiger partial charge in [0.1, 0.15) is 52.3 Å². The molecule has 0 aliphatic carbocycles. The maximum atomic E-state index is 13.4. The zero-order valence-electron chi connectivity index (χ0n) is 40.5. The topological polar surface area (TPSA) is 231 Å². The lowest BCUT2D eigenvalue weighted by Gasteiger charge is -2.24. The van der Waals surface area contributed by atoms with Gasteiger partial charge in [-0.3, -0.25) is 44.7 Å². The number of aryl methyl sites for hydroxylation is 1. The molecular weight excluding hydrogens is 914 g/mol. The molecule has 1 aliphatic rings. The highest BCUT2D eigenvalue weighted by atomic mass is 35.5. The molecule has 4 rings (SSSR count). The number of thiophene rings is 1. The molecule has 0 saturated heterocycles. The van der Waals surface area contributed by atoms with Gasteiger partial charge in [0.25, 0.3) is 0 Å². The first-order valence-corrected chi connectivity index (χ1v) is 23.8. The highest BCUT2D eigenvalue weighted by molar-refractivity contribution is 7.17. The first kappa shape index (κ1) is 54.9. The fourth-order valence-corrected chi connectivity index (χ4v) is 8.14. The van der Waals surface area contributed by atoms with Crippen molar-refractivity contribution in [2.24, 2.45) is 4.99 Å². The minimum atomic E-state index is -0.997. The van der Waals surface area contributed by atoms with Crippen molar-refractivity contribution < 1.29 is 47.7 Å². The number of fused-ring (bicyclic) bond motifs is 1. The number of anilines is 2. The van der Waals surface area contributed by atoms with E-state index in [2.05, 4.69) is 16.0 Å². The van der Waals surface area contributed by atoms with Crippen molar-refractivity contribution in [3.05, 3.63) is 75.1 Å². The predicted molar refractivity (Wildman–Crippen MR) is 265 cm³/mol. The maximum absolute atomic E-state index is 13.4. The van der Waals surface area contributed by atoms with Crippen molar-refractivity contribution >= 4 is 80.7 Å². The predicted octanol–water partition coefficient (Wildman–Crippen LogP) is 7.69. The minimum Gasteiger partial charge on any atom is -0.491 e. The summed E-state index contributed by atoms with van der Waals surface area (Å²) in [5.41, 5.74) is 2.47. The Hall–Kier alpha value is -5.69. The number of benzene rings is 2. The number of hydrogen-bond acceptors (Lipinski definition) is 14. The highest BCUT2D eigenvalue weighted by Gasteiger charge is 2.35. The number of amides is 3. The second-order valence-electron chi connectivity index (χ2n) is 18.1. The van der Waals surface area contributed by atoms with Gasteiger partial charge in [0.05, 0.1) is 38.6 Å². The fraction of sp³-hybridized carbons (Fsp3) is 0.510. The molecule has 0 bridgehead atoms. The normalized spacial score (nSPS) is 14.2. The van der Waals surface area contributed by atoms with E-state index >= 15 is 0 Å². The zero-order valence-corrected chi connectivity index (χ0v) is 42.1. The molecule has 2 atom stereocenters. The molecule has 0 fully saturated rings. The van der Waals surface area contributed by atoms with Crippen molar-refractivity contribution in [1.29, 1.82) is 10.8 Å². The summed E-state index contributed by atoms with van der Waals surface area (Å²) >= 11 is 7.69. The largest absolute Gasteiger partial charge is 0.491 e. The lowest BCUT2D eigenvalue weighted by Crippen LogP contribution is -2.47. The van der Waals surface area contributed by atoms with Gasteiger partial charge < -0.3 is 39.6 Å². The molecule has 2 aromatic carbocycles. The van der Waals surface area contributed by atoms with Crippen LogP contribution < -0.4 is 25.6 Å². The van der Waals surface area contributed by atoms with Crippen LogP contribution in [-0.4, -0.2) is 110 Å². The van der Waals surface area contributed by atoms with Crippen LogP contribution in [0.3, 0.4) is 0 Å². The molecule has 1 aliphatic heterocycles. The Morgan fingerprint density at radius 2 is 1.43 bits per heavy atom. The van der Waals surface area contributed by atoms with Crippen molar-refractivity contribution in [3.63, 3.8) is 0 Å². The second kappa shape index (κ2) is 25.6. The van der Waals surface area contributed by atoms with Gasteiger partial charge in [0, 0.05) is 52.5 Å². The summed E-state index contributed by atoms with van der Waals surface area (Å²) < 4.78 is 27.6. The lowest BCUT2D eigenvalue weighted by molar-refractivity contribution is -0.156. The Bertz CT molecular complexity index is 2290. The third-order valence-electron chi connectivity index (χ3n) is 9.95. The number of ether oxygens (including phenoxy) is 5. The van der Waals surface area contributed by atoms with Crippen LogP contribution in [0.2, 0.25) is 5.02 Å². The number of carbonyl (C=O) groups is 5. The van der Waals surface area contributed by atoms with E-state index in [4.69, 9.17) is 51.1 Å². The van der Waals surface area contributed by atoms with E-state index in [1.165, 1.54) is 11.3 Å². The molecule has 370 valence electrons. The molecule has 5 N–H and O–H groups in total. The van der Waals surface area contributed by atoms with E-state index in [0.29, 0.717) is 22.2 Å². The molecule has 3 aromatic rings. The molecule has 2 heterocycles. The third kappa shape index (κ3) is 18.1. The van der Waals surface area contributed by atoms with Gasteiger partial charge in [-0.2, -0.15) is 0 Å². The van der Waals surface area contributed by atoms with E-state index in [0.717, 1.165) is 26.6 Å². The van der Waals surface area contributed by atoms with Crippen LogP contribution >= 0.6 is 22.9 Å². The quantitative estimate of drug-likeness (QED) is 0.0268. The van der Waals surface area contributed by atoms with Crippen LogP contribution in [0.15, 0.2) is 53.5 Å². The van der Waals surface area contributed by atoms with Gasteiger partial charge in [0.2, 0.25) is 17.7 Å². The molecule has 0 spiro atoms. The lowest BCUT2D eigenvalue weighted by atomic mass is 9.99. The van der Waals surface area contributed by atoms with E-state index in [-0.39, 0.29) is 95.7 Å². The van der Waals surface area contributed by atoms with Crippen LogP contribution in [0.25, 0.3) is 0 Å². The number of amidine groups is 2. The number of nitrogens with one attached hydrogen (secondary N) is 5. The number of rotatable bonds is 23. The molecule has 17 nitrogen and oxygen atoms in total. The summed E-state index contributed by atoms with van der Waals surface area (Å²) in [4.78, 5) is 71.2. The number of aliphatic imine (C=N–C) groups is 1. The highest BCUT2D eigenvalue weighted by Crippen LogP contribution is 2.40. The van der Waals surface area contributed by atoms with Crippen LogP contribution in [0, 0.1) is 24.7 Å². The van der Waals surface area contributed by atoms with Crippen molar-refractivity contribution in [3.8, 4) is 5.75 Å². The van der Waals surface area contributed by atoms with Crippen LogP contribution in [-0.2, 0) is 42.9 Å². The van der Waals surface area contributed by atoms with E-state index in [9.17, 15) is 24.0 Å². The summed E-state index contributed by atoms with van der Waals surface area (Å²) in [5, 5.41) is 27.3. The Morgan fingerprint density at radius 1 is 0.824 bits per heavy atom. The van der Waals surface area contributed by atoms with Crippen LogP contribution in [0.4, 0.5) is 10.7 Å². The molecule has 3 amide bonds. The van der Waals surface area contributed by atoms with Gasteiger partial charge in [-0.1, -0.05) is 23.7 Å². The first-order valence-electron chi connectivity index (χ1n) is 22.6. The minimum absolute atomic E-state index is 0.000247. The summed E-state index contributed by atoms with van der Waals surface area (Å²) in [6.07, 6.45) is 0.103. The molecule has 0 unspecified atom stereocenters. The standard InChI is InChI=1S/C49H66ClN7O10S/c1-30-31(2)68-47-43(30)44(33-13-15-34(50)16-14-33)56-38(45(52)57(47)32(3)51)29-40(59)54-35-17-19-36(20-18-35)65-28-27-64-26-25-63-24-23-53-46(62)37(21-22-42(61)67-49(7,8)9)55-39(58)11-10-12-41(60)66-48(4,5)6/h13-20,37-38,51-52H,10-12,21-29H2,1-9H3,(H,53,62)(H,54,59)(H,55,58)/t37-,38+/m1/s1. The van der Waals surface area contributed by atoms with Crippen molar-refractivity contribution in [2.45, 2.75) is 124 Å². The average molecular weight is 981 g/mol. The SMILES string of the molecule is CC(=N)N1C(=N)[C@H](CC(=O)Nc2ccc(OCCOCCOCCNC(=O)[C@@H](CCC(=O)OC(C)(C)C)NC(=O)CCCC(=O)OC(C)(C)C)cc2)N=C(c2ccc(Cl)cc2)c2c1sc(C)c2C. The Balaban J connectivity index is 1.17. The average Bonchev–Trinajstić information content (AvgIpc) is 3.46. The van der Waals surface area contributed by atoms with Gasteiger partial charge in [-0.15, -0.1) is 11.3 Å². The monoisotopic (exact) mass is 979 g/mol. The van der Waals surface area contributed by atoms with Crippen LogP contribution in [0.1, 0.15) is 109 Å². The molecular formula is C49H66ClN7O10S. The molecule has 0 radical (unpaired) electrons. The van der Waals surface area contributed by atoms with Gasteiger partial charge in [-0.05, 0) is 117 Å². The van der Waals surface area contributed by atoms with Gasteiger partial charge in [0.15, 0.2) is 0 Å². The van der Waals surface area contributed by atoms with E-state index in [1.807, 2.05) is 26.0 Å². The molecule has 0 saturated carbocycles. The van der Waals surface area contributed by atoms with E-state index in [1.54, 1.807) is 89.8 Å². The van der Waals surface area contributed by atoms with E-state index < -0.39 is 47.0 Å². The van der Waals surface area contributed by atoms with Crippen molar-refractivity contribution in [2.75, 3.05) is 49.8 Å². The fourth-order valence-electron chi connectivity index (χ4n) is 6.80. The number of halogens is 1. The third-order valence-corrected chi connectivity index (χ3v) is 11.4. The smallest absolute Gasteiger partial charge is 0.306 e. The number of carbonyl (C=O) groups excluding carboxylic acids is 5. The summed E-state index contributed by atoms with van der Waals surface area (Å²) in [7, 11) is 0. The number of esters is 2. The summed E-state index contributed by atoms with van der Waals surface area (Å²) in [6.45, 7) is 17.5. The van der Waals surface area contributed by atoms with Crippen molar-refractivity contribution in [1.82, 2.24) is 10.6 Å².